The van der Waals surface area contributed by atoms with Crippen LogP contribution in [0.15, 0.2) is 0 Å². The number of hydrogen-bond acceptors (Lipinski definition) is 2. The summed E-state index contributed by atoms with van der Waals surface area (Å²) in [5, 5.41) is 12.1. The topological polar surface area (TPSA) is 66.4 Å². The van der Waals surface area contributed by atoms with Crippen LogP contribution in [-0.2, 0) is 9.59 Å². The Morgan fingerprint density at radius 3 is 2.47 bits per heavy atom. The van der Waals surface area contributed by atoms with E-state index in [0.29, 0.717) is 12.5 Å². The molecule has 0 heterocycles. The minimum absolute atomic E-state index is 0.118. The Bertz CT molecular complexity index is 316. The first-order chi connectivity index (χ1) is 8.09. The minimum Gasteiger partial charge on any atom is -0.481 e. The second kappa shape index (κ2) is 5.07. The van der Waals surface area contributed by atoms with Crippen molar-refractivity contribution in [3.05, 3.63) is 0 Å². The zero-order valence-corrected chi connectivity index (χ0v) is 10.3. The molecule has 1 amide bonds. The van der Waals surface area contributed by atoms with Crippen LogP contribution < -0.4 is 5.32 Å². The fraction of sp³-hybridized carbons (Fsp3) is 0.846. The van der Waals surface area contributed by atoms with Gasteiger partial charge in [0.2, 0.25) is 5.91 Å². The lowest BCUT2D eigenvalue weighted by atomic mass is 9.79. The second-order valence-corrected chi connectivity index (χ2v) is 5.55. The quantitative estimate of drug-likeness (QED) is 0.784. The number of carboxylic acids is 1. The van der Waals surface area contributed by atoms with E-state index >= 15 is 0 Å². The maximum Gasteiger partial charge on any atom is 0.306 e. The minimum atomic E-state index is -0.705. The van der Waals surface area contributed by atoms with Gasteiger partial charge in [-0.3, -0.25) is 9.59 Å². The van der Waals surface area contributed by atoms with Gasteiger partial charge in [0.1, 0.15) is 0 Å². The third-order valence-electron chi connectivity index (χ3n) is 4.21. The average molecular weight is 239 g/mol. The van der Waals surface area contributed by atoms with E-state index in [1.165, 1.54) is 0 Å². The maximum atomic E-state index is 11.7. The van der Waals surface area contributed by atoms with Gasteiger partial charge in [-0.1, -0.05) is 19.8 Å². The van der Waals surface area contributed by atoms with Crippen LogP contribution in [0.1, 0.15) is 39.0 Å². The maximum absolute atomic E-state index is 11.7. The molecule has 4 heteroatoms. The summed E-state index contributed by atoms with van der Waals surface area (Å²) in [5.41, 5.74) is 0. The summed E-state index contributed by atoms with van der Waals surface area (Å²) in [6.07, 6.45) is 4.76. The van der Waals surface area contributed by atoms with Gasteiger partial charge in [0.15, 0.2) is 0 Å². The highest BCUT2D eigenvalue weighted by Crippen LogP contribution is 2.38. The van der Waals surface area contributed by atoms with Crippen molar-refractivity contribution in [2.24, 2.45) is 23.7 Å². The smallest absolute Gasteiger partial charge is 0.306 e. The molecule has 17 heavy (non-hydrogen) atoms. The summed E-state index contributed by atoms with van der Waals surface area (Å²) in [7, 11) is 0. The molecule has 2 fully saturated rings. The number of nitrogens with one attached hydrogen (secondary N) is 1. The van der Waals surface area contributed by atoms with Crippen molar-refractivity contribution in [2.45, 2.75) is 39.0 Å². The van der Waals surface area contributed by atoms with E-state index in [1.807, 2.05) is 0 Å². The van der Waals surface area contributed by atoms with Crippen LogP contribution in [0.5, 0.6) is 0 Å². The molecular weight excluding hydrogens is 218 g/mol. The summed E-state index contributed by atoms with van der Waals surface area (Å²) < 4.78 is 0. The van der Waals surface area contributed by atoms with E-state index in [4.69, 9.17) is 5.11 Å². The Balaban J connectivity index is 1.80. The van der Waals surface area contributed by atoms with Gasteiger partial charge in [-0.15, -0.1) is 0 Å². The molecule has 0 aliphatic heterocycles. The van der Waals surface area contributed by atoms with Gasteiger partial charge < -0.3 is 10.4 Å². The molecule has 0 spiro atoms. The molecule has 0 bridgehead atoms. The molecule has 2 rings (SSSR count). The summed E-state index contributed by atoms with van der Waals surface area (Å²) in [4.78, 5) is 22.8. The molecule has 4 nitrogen and oxygen atoms in total. The van der Waals surface area contributed by atoms with E-state index in [9.17, 15) is 9.59 Å². The molecule has 96 valence electrons. The summed E-state index contributed by atoms with van der Waals surface area (Å²) in [6, 6.07) is 0. The predicted octanol–water partition coefficient (Wildman–Crippen LogP) is 1.65. The van der Waals surface area contributed by atoms with Crippen LogP contribution in [0.2, 0.25) is 0 Å². The lowest BCUT2D eigenvalue weighted by molar-refractivity contribution is -0.145. The molecule has 0 saturated heterocycles. The summed E-state index contributed by atoms with van der Waals surface area (Å²) >= 11 is 0. The first-order valence-corrected chi connectivity index (χ1v) is 6.60. The van der Waals surface area contributed by atoms with Crippen molar-refractivity contribution < 1.29 is 14.7 Å². The zero-order chi connectivity index (χ0) is 12.4. The van der Waals surface area contributed by atoms with Crippen LogP contribution in [-0.4, -0.2) is 23.5 Å². The van der Waals surface area contributed by atoms with Crippen LogP contribution in [0.25, 0.3) is 0 Å². The number of carbonyl (C=O) groups is 2. The van der Waals surface area contributed by atoms with E-state index < -0.39 is 5.97 Å². The number of amides is 1. The average Bonchev–Trinajstić information content (AvgIpc) is 3.03. The van der Waals surface area contributed by atoms with E-state index in [-0.39, 0.29) is 23.7 Å². The van der Waals surface area contributed by atoms with Crippen LogP contribution in [0, 0.1) is 23.7 Å². The molecule has 2 aliphatic rings. The van der Waals surface area contributed by atoms with Gasteiger partial charge in [0.05, 0.1) is 5.92 Å². The van der Waals surface area contributed by atoms with Gasteiger partial charge in [0.25, 0.3) is 0 Å². The molecule has 0 aromatic rings. The van der Waals surface area contributed by atoms with Crippen molar-refractivity contribution in [3.8, 4) is 0 Å². The van der Waals surface area contributed by atoms with Crippen molar-refractivity contribution in [1.29, 1.82) is 0 Å². The van der Waals surface area contributed by atoms with Gasteiger partial charge in [0, 0.05) is 12.5 Å². The normalized spacial score (nSPS) is 36.3. The molecule has 4 unspecified atom stereocenters. The summed E-state index contributed by atoms with van der Waals surface area (Å²) in [5.74, 6) is -0.0330. The van der Waals surface area contributed by atoms with Crippen molar-refractivity contribution >= 4 is 11.9 Å². The highest BCUT2D eigenvalue weighted by molar-refractivity contribution is 5.81. The number of aliphatic carboxylic acids is 1. The molecule has 2 saturated carbocycles. The van der Waals surface area contributed by atoms with Crippen LogP contribution >= 0.6 is 0 Å². The predicted molar refractivity (Wildman–Crippen MR) is 63.4 cm³/mol. The molecule has 2 N–H and O–H groups in total. The SMILES string of the molecule is CC1CC1C(=O)NCC1CCCCC1C(=O)O. The van der Waals surface area contributed by atoms with Crippen molar-refractivity contribution in [3.63, 3.8) is 0 Å². The fourth-order valence-electron chi connectivity index (χ4n) is 2.83. The Hall–Kier alpha value is -1.06. The summed E-state index contributed by atoms with van der Waals surface area (Å²) in [6.45, 7) is 2.62. The Labute approximate surface area is 102 Å². The molecular formula is C13H21NO3. The third kappa shape index (κ3) is 2.99. The standard InChI is InChI=1S/C13H21NO3/c1-8-6-11(8)12(15)14-7-9-4-2-3-5-10(9)13(16)17/h8-11H,2-7H2,1H3,(H,14,15)(H,16,17). The lowest BCUT2D eigenvalue weighted by Crippen LogP contribution is -2.37. The number of carboxylic acid groups (broad SMARTS) is 1. The Morgan fingerprint density at radius 2 is 1.88 bits per heavy atom. The van der Waals surface area contributed by atoms with E-state index in [1.54, 1.807) is 0 Å². The number of carbonyl (C=O) groups excluding carboxylic acids is 1. The molecule has 4 atom stereocenters. The third-order valence-corrected chi connectivity index (χ3v) is 4.21. The fourth-order valence-corrected chi connectivity index (χ4v) is 2.83. The monoisotopic (exact) mass is 239 g/mol. The first kappa shape index (κ1) is 12.4. The highest BCUT2D eigenvalue weighted by atomic mass is 16.4. The van der Waals surface area contributed by atoms with Gasteiger partial charge in [-0.25, -0.2) is 0 Å². The second-order valence-electron chi connectivity index (χ2n) is 5.55. The Kier molecular flexibility index (Phi) is 3.69. The van der Waals surface area contributed by atoms with E-state index in [2.05, 4.69) is 12.2 Å². The number of hydrogen-bond donors (Lipinski definition) is 2. The van der Waals surface area contributed by atoms with Crippen molar-refractivity contribution in [1.82, 2.24) is 5.32 Å². The number of rotatable bonds is 4. The molecule has 0 aromatic carbocycles. The van der Waals surface area contributed by atoms with Crippen LogP contribution in [0.4, 0.5) is 0 Å². The largest absolute Gasteiger partial charge is 0.481 e. The van der Waals surface area contributed by atoms with Crippen LogP contribution in [0.3, 0.4) is 0 Å². The lowest BCUT2D eigenvalue weighted by Gasteiger charge is -2.28. The molecule has 2 aliphatic carbocycles. The molecule has 0 radical (unpaired) electrons. The Morgan fingerprint density at radius 1 is 1.24 bits per heavy atom. The van der Waals surface area contributed by atoms with Gasteiger partial charge in [-0.05, 0) is 31.1 Å². The first-order valence-electron chi connectivity index (χ1n) is 6.60. The zero-order valence-electron chi connectivity index (χ0n) is 10.3. The molecule has 0 aromatic heterocycles. The van der Waals surface area contributed by atoms with Gasteiger partial charge >= 0.3 is 5.97 Å². The van der Waals surface area contributed by atoms with E-state index in [0.717, 1.165) is 32.1 Å². The highest BCUT2D eigenvalue weighted by Gasteiger charge is 2.39. The van der Waals surface area contributed by atoms with Crippen molar-refractivity contribution in [2.75, 3.05) is 6.54 Å². The van der Waals surface area contributed by atoms with Gasteiger partial charge in [-0.2, -0.15) is 0 Å².